The van der Waals surface area contributed by atoms with Crippen molar-refractivity contribution in [1.82, 2.24) is 10.2 Å². The van der Waals surface area contributed by atoms with Gasteiger partial charge in [-0.25, -0.2) is 0 Å². The summed E-state index contributed by atoms with van der Waals surface area (Å²) in [6, 6.07) is 4.25. The number of alkyl halides is 3. The first-order chi connectivity index (χ1) is 10.3. The van der Waals surface area contributed by atoms with Crippen LogP contribution in [0, 0.1) is 0 Å². The summed E-state index contributed by atoms with van der Waals surface area (Å²) in [6.07, 6.45) is -4.40. The van der Waals surface area contributed by atoms with Crippen molar-refractivity contribution in [3.63, 3.8) is 0 Å². The Hall–Kier alpha value is -1.81. The Morgan fingerprint density at radius 1 is 1.32 bits per heavy atom. The summed E-state index contributed by atoms with van der Waals surface area (Å²) in [5.74, 6) is -0.349. The zero-order chi connectivity index (χ0) is 16.3. The molecule has 0 aliphatic rings. The van der Waals surface area contributed by atoms with Gasteiger partial charge in [-0.05, 0) is 31.2 Å². The van der Waals surface area contributed by atoms with Crippen molar-refractivity contribution in [1.29, 1.82) is 0 Å². The van der Waals surface area contributed by atoms with Crippen LogP contribution in [-0.4, -0.2) is 21.4 Å². The maximum Gasteiger partial charge on any atom is 0.416 e. The number of nitrogens with zero attached hydrogens (tertiary/aromatic N) is 2. The first-order valence-electron chi connectivity index (χ1n) is 5.99. The Balaban J connectivity index is 1.96. The number of benzene rings is 1. The van der Waals surface area contributed by atoms with E-state index in [1.165, 1.54) is 23.9 Å². The number of nitrogen functional groups attached to an aromatic ring is 1. The number of rotatable bonds is 4. The second kappa shape index (κ2) is 6.53. The number of thioether (sulfide) groups is 1. The molecule has 0 saturated carbocycles. The molecule has 0 aliphatic carbocycles. The van der Waals surface area contributed by atoms with E-state index in [0.29, 0.717) is 15.2 Å². The van der Waals surface area contributed by atoms with E-state index in [-0.39, 0.29) is 5.91 Å². The summed E-state index contributed by atoms with van der Waals surface area (Å²) in [6.45, 7) is 1.65. The highest BCUT2D eigenvalue weighted by Gasteiger charge is 2.30. The number of hydrogen-bond donors (Lipinski definition) is 2. The fourth-order valence-electron chi connectivity index (χ4n) is 1.46. The molecule has 0 unspecified atom stereocenters. The lowest BCUT2D eigenvalue weighted by Crippen LogP contribution is -2.22. The molecular formula is C12H11F3N4OS2. The summed E-state index contributed by atoms with van der Waals surface area (Å²) in [5.41, 5.74) is 4.97. The molecule has 5 nitrogen and oxygen atoms in total. The molecule has 1 heterocycles. The highest BCUT2D eigenvalue weighted by molar-refractivity contribution is 8.02. The van der Waals surface area contributed by atoms with E-state index >= 15 is 0 Å². The van der Waals surface area contributed by atoms with Gasteiger partial charge in [0, 0.05) is 5.69 Å². The van der Waals surface area contributed by atoms with Gasteiger partial charge in [-0.15, -0.1) is 10.2 Å². The molecule has 10 heteroatoms. The molecule has 118 valence electrons. The molecule has 1 aromatic heterocycles. The van der Waals surface area contributed by atoms with Gasteiger partial charge in [-0.3, -0.25) is 4.79 Å². The molecule has 3 N–H and O–H groups in total. The summed E-state index contributed by atoms with van der Waals surface area (Å²) < 4.78 is 37.9. The van der Waals surface area contributed by atoms with Crippen LogP contribution in [0.5, 0.6) is 0 Å². The number of carbonyl (C=O) groups is 1. The molecule has 1 aromatic carbocycles. The number of hydrogen-bond acceptors (Lipinski definition) is 6. The highest BCUT2D eigenvalue weighted by atomic mass is 32.2. The fourth-order valence-corrected chi connectivity index (χ4v) is 3.24. The van der Waals surface area contributed by atoms with E-state index in [9.17, 15) is 18.0 Å². The molecule has 2 aromatic rings. The maximum atomic E-state index is 12.4. The minimum Gasteiger partial charge on any atom is -0.374 e. The van der Waals surface area contributed by atoms with Crippen LogP contribution in [0.15, 0.2) is 28.6 Å². The Bertz CT molecular complexity index is 657. The Labute approximate surface area is 132 Å². The van der Waals surface area contributed by atoms with E-state index in [1.54, 1.807) is 6.92 Å². The van der Waals surface area contributed by atoms with E-state index in [2.05, 4.69) is 15.5 Å². The van der Waals surface area contributed by atoms with E-state index in [4.69, 9.17) is 5.73 Å². The molecular weight excluding hydrogens is 337 g/mol. The third-order valence-corrected chi connectivity index (χ3v) is 4.49. The molecule has 0 radical (unpaired) electrons. The normalized spacial score (nSPS) is 12.9. The molecule has 0 bridgehead atoms. The van der Waals surface area contributed by atoms with Gasteiger partial charge in [-0.2, -0.15) is 13.2 Å². The number of halogens is 3. The zero-order valence-electron chi connectivity index (χ0n) is 11.2. The first kappa shape index (κ1) is 16.6. The summed E-state index contributed by atoms with van der Waals surface area (Å²) in [4.78, 5) is 12.0. The lowest BCUT2D eigenvalue weighted by atomic mass is 10.2. The zero-order valence-corrected chi connectivity index (χ0v) is 12.9. The third kappa shape index (κ3) is 4.34. The first-order valence-corrected chi connectivity index (χ1v) is 7.69. The van der Waals surface area contributed by atoms with Crippen molar-refractivity contribution >= 4 is 39.8 Å². The molecule has 0 aliphatic heterocycles. The van der Waals surface area contributed by atoms with Gasteiger partial charge in [0.1, 0.15) is 0 Å². The van der Waals surface area contributed by atoms with Gasteiger partial charge < -0.3 is 11.1 Å². The van der Waals surface area contributed by atoms with Crippen molar-refractivity contribution in [2.75, 3.05) is 11.1 Å². The number of nitrogens with one attached hydrogen (secondary N) is 1. The van der Waals surface area contributed by atoms with Crippen molar-refractivity contribution in [2.24, 2.45) is 0 Å². The van der Waals surface area contributed by atoms with Crippen molar-refractivity contribution < 1.29 is 18.0 Å². The van der Waals surface area contributed by atoms with Crippen LogP contribution >= 0.6 is 23.1 Å². The quantitative estimate of drug-likeness (QED) is 0.829. The second-order valence-corrected chi connectivity index (χ2v) is 6.83. The molecule has 1 atom stereocenters. The summed E-state index contributed by atoms with van der Waals surface area (Å²) >= 11 is 2.33. The number of carbonyl (C=O) groups excluding carboxylic acids is 1. The summed E-state index contributed by atoms with van der Waals surface area (Å²) in [7, 11) is 0. The Morgan fingerprint density at radius 2 is 1.95 bits per heavy atom. The van der Waals surface area contributed by atoms with Crippen LogP contribution in [0.3, 0.4) is 0 Å². The number of nitrogens with two attached hydrogens (primary N) is 1. The van der Waals surface area contributed by atoms with Gasteiger partial charge in [-0.1, -0.05) is 23.1 Å². The van der Waals surface area contributed by atoms with Crippen LogP contribution in [0.4, 0.5) is 24.0 Å². The highest BCUT2D eigenvalue weighted by Crippen LogP contribution is 2.30. The van der Waals surface area contributed by atoms with Gasteiger partial charge >= 0.3 is 6.18 Å². The predicted octanol–water partition coefficient (Wildman–Crippen LogP) is 3.26. The van der Waals surface area contributed by atoms with E-state index in [1.807, 2.05) is 0 Å². The van der Waals surface area contributed by atoms with Crippen LogP contribution in [0.2, 0.25) is 0 Å². The van der Waals surface area contributed by atoms with Gasteiger partial charge in [0.25, 0.3) is 0 Å². The van der Waals surface area contributed by atoms with Crippen molar-refractivity contribution in [3.05, 3.63) is 29.8 Å². The van der Waals surface area contributed by atoms with Crippen LogP contribution in [0.25, 0.3) is 0 Å². The minimum atomic E-state index is -4.40. The second-order valence-electron chi connectivity index (χ2n) is 4.23. The van der Waals surface area contributed by atoms with Crippen LogP contribution in [-0.2, 0) is 11.0 Å². The Kier molecular flexibility index (Phi) is 4.91. The molecule has 2 rings (SSSR count). The predicted molar refractivity (Wildman–Crippen MR) is 79.7 cm³/mol. The molecule has 0 saturated heterocycles. The van der Waals surface area contributed by atoms with Crippen molar-refractivity contribution in [3.8, 4) is 0 Å². The monoisotopic (exact) mass is 348 g/mol. The van der Waals surface area contributed by atoms with Gasteiger partial charge in [0.05, 0.1) is 10.8 Å². The lowest BCUT2D eigenvalue weighted by Gasteiger charge is -2.11. The van der Waals surface area contributed by atoms with Crippen LogP contribution < -0.4 is 11.1 Å². The molecule has 22 heavy (non-hydrogen) atoms. The largest absolute Gasteiger partial charge is 0.416 e. The van der Waals surface area contributed by atoms with Crippen molar-refractivity contribution in [2.45, 2.75) is 22.7 Å². The van der Waals surface area contributed by atoms with Crippen LogP contribution in [0.1, 0.15) is 12.5 Å². The number of amides is 1. The van der Waals surface area contributed by atoms with E-state index in [0.717, 1.165) is 23.5 Å². The Morgan fingerprint density at radius 3 is 2.45 bits per heavy atom. The van der Waals surface area contributed by atoms with Gasteiger partial charge in [0.15, 0.2) is 4.34 Å². The fraction of sp³-hybridized carbons (Fsp3) is 0.250. The number of aromatic nitrogens is 2. The minimum absolute atomic E-state index is 0.294. The molecule has 1 amide bonds. The lowest BCUT2D eigenvalue weighted by molar-refractivity contribution is -0.137. The summed E-state index contributed by atoms with van der Waals surface area (Å²) in [5, 5.41) is 9.78. The topological polar surface area (TPSA) is 80.9 Å². The standard InChI is InChI=1S/C12H11F3N4OS2/c1-6(21-11-19-18-10(16)22-11)9(20)17-8-4-2-7(3-5-8)12(13,14)15/h2-6H,1H3,(H2,16,18)(H,17,20)/t6-/m1/s1. The number of anilines is 2. The third-order valence-electron chi connectivity index (χ3n) is 2.55. The molecule has 0 fully saturated rings. The van der Waals surface area contributed by atoms with Gasteiger partial charge in [0.2, 0.25) is 11.0 Å². The smallest absolute Gasteiger partial charge is 0.374 e. The van der Waals surface area contributed by atoms with E-state index < -0.39 is 17.0 Å². The molecule has 0 spiro atoms. The maximum absolute atomic E-state index is 12.4. The average molecular weight is 348 g/mol. The average Bonchev–Trinajstić information content (AvgIpc) is 2.83. The SMILES string of the molecule is C[C@@H](Sc1nnc(N)s1)C(=O)Nc1ccc(C(F)(F)F)cc1.